The van der Waals surface area contributed by atoms with Crippen LogP contribution in [0.3, 0.4) is 0 Å². The SMILES string of the molecule is COC(=O)c1[nH]nc2c(OC)ccc(NC=O)c12. The third-order valence-corrected chi connectivity index (χ3v) is 2.49. The van der Waals surface area contributed by atoms with E-state index in [1.165, 1.54) is 14.2 Å². The number of aromatic nitrogens is 2. The van der Waals surface area contributed by atoms with Gasteiger partial charge >= 0.3 is 5.97 Å². The lowest BCUT2D eigenvalue weighted by Crippen LogP contribution is -2.04. The van der Waals surface area contributed by atoms with Crippen molar-refractivity contribution in [2.45, 2.75) is 0 Å². The van der Waals surface area contributed by atoms with Crippen LogP contribution in [0.25, 0.3) is 10.9 Å². The van der Waals surface area contributed by atoms with Crippen LogP contribution in [0.2, 0.25) is 0 Å². The van der Waals surface area contributed by atoms with Gasteiger partial charge < -0.3 is 14.8 Å². The van der Waals surface area contributed by atoms with Crippen molar-refractivity contribution in [3.8, 4) is 5.75 Å². The van der Waals surface area contributed by atoms with Crippen LogP contribution in [0.5, 0.6) is 5.75 Å². The number of hydrogen-bond acceptors (Lipinski definition) is 5. The van der Waals surface area contributed by atoms with E-state index >= 15 is 0 Å². The minimum absolute atomic E-state index is 0.163. The number of hydrogen-bond donors (Lipinski definition) is 2. The molecule has 2 rings (SSSR count). The number of anilines is 1. The normalized spacial score (nSPS) is 10.1. The zero-order valence-electron chi connectivity index (χ0n) is 9.81. The summed E-state index contributed by atoms with van der Waals surface area (Å²) in [5.74, 6) is -0.0763. The molecule has 7 nitrogen and oxygen atoms in total. The Morgan fingerprint density at radius 3 is 2.83 bits per heavy atom. The number of amides is 1. The van der Waals surface area contributed by atoms with E-state index in [0.717, 1.165) is 0 Å². The summed E-state index contributed by atoms with van der Waals surface area (Å²) < 4.78 is 9.78. The molecular weight excluding hydrogens is 238 g/mol. The van der Waals surface area contributed by atoms with Gasteiger partial charge in [-0.3, -0.25) is 9.89 Å². The van der Waals surface area contributed by atoms with Gasteiger partial charge in [-0.05, 0) is 12.1 Å². The van der Waals surface area contributed by atoms with Crippen molar-refractivity contribution < 1.29 is 19.1 Å². The van der Waals surface area contributed by atoms with E-state index in [0.29, 0.717) is 28.7 Å². The van der Waals surface area contributed by atoms with Crippen LogP contribution in [0.15, 0.2) is 12.1 Å². The summed E-state index contributed by atoms with van der Waals surface area (Å²) in [6.07, 6.45) is 0.523. The second kappa shape index (κ2) is 4.74. The summed E-state index contributed by atoms with van der Waals surface area (Å²) in [5.41, 5.74) is 1.07. The van der Waals surface area contributed by atoms with Gasteiger partial charge in [0.15, 0.2) is 5.69 Å². The van der Waals surface area contributed by atoms with Crippen LogP contribution >= 0.6 is 0 Å². The molecule has 1 aromatic heterocycles. The molecule has 7 heteroatoms. The number of benzene rings is 1. The van der Waals surface area contributed by atoms with Gasteiger partial charge in [0.05, 0.1) is 25.3 Å². The van der Waals surface area contributed by atoms with Crippen molar-refractivity contribution in [2.24, 2.45) is 0 Å². The average molecular weight is 249 g/mol. The first-order chi connectivity index (χ1) is 8.72. The minimum Gasteiger partial charge on any atom is -0.494 e. The third-order valence-electron chi connectivity index (χ3n) is 2.49. The predicted octanol–water partition coefficient (Wildman–Crippen LogP) is 0.926. The van der Waals surface area contributed by atoms with E-state index in [2.05, 4.69) is 20.3 Å². The fraction of sp³-hybridized carbons (Fsp3) is 0.182. The first kappa shape index (κ1) is 11.9. The van der Waals surface area contributed by atoms with Gasteiger partial charge in [-0.15, -0.1) is 0 Å². The number of ether oxygens (including phenoxy) is 2. The Kier molecular flexibility index (Phi) is 3.13. The maximum Gasteiger partial charge on any atom is 0.356 e. The van der Waals surface area contributed by atoms with Crippen molar-refractivity contribution in [3.05, 3.63) is 17.8 Å². The molecule has 18 heavy (non-hydrogen) atoms. The largest absolute Gasteiger partial charge is 0.494 e. The Balaban J connectivity index is 2.74. The van der Waals surface area contributed by atoms with Gasteiger partial charge in [0.1, 0.15) is 11.3 Å². The van der Waals surface area contributed by atoms with Crippen LogP contribution < -0.4 is 10.1 Å². The van der Waals surface area contributed by atoms with Gasteiger partial charge in [-0.1, -0.05) is 0 Å². The number of nitrogens with zero attached hydrogens (tertiary/aromatic N) is 1. The standard InChI is InChI=1S/C11H11N3O4/c1-17-7-4-3-6(12-5-15)8-9(7)13-14-10(8)11(16)18-2/h3-5H,1-2H3,(H,12,15)(H,13,14). The number of H-pyrrole nitrogens is 1. The summed E-state index contributed by atoms with van der Waals surface area (Å²) in [6.45, 7) is 0. The number of carbonyl (C=O) groups excluding carboxylic acids is 2. The predicted molar refractivity (Wildman–Crippen MR) is 63.7 cm³/mol. The van der Waals surface area contributed by atoms with E-state index in [4.69, 9.17) is 4.74 Å². The summed E-state index contributed by atoms with van der Waals surface area (Å²) in [7, 11) is 2.76. The Morgan fingerprint density at radius 1 is 1.44 bits per heavy atom. The maximum absolute atomic E-state index is 11.6. The molecule has 2 aromatic rings. The zero-order valence-corrected chi connectivity index (χ0v) is 9.81. The number of esters is 1. The number of rotatable bonds is 4. The lowest BCUT2D eigenvalue weighted by atomic mass is 10.1. The Hall–Kier alpha value is -2.57. The van der Waals surface area contributed by atoms with E-state index in [9.17, 15) is 9.59 Å². The van der Waals surface area contributed by atoms with Gasteiger partial charge in [0.25, 0.3) is 0 Å². The topological polar surface area (TPSA) is 93.3 Å². The zero-order chi connectivity index (χ0) is 13.1. The molecular formula is C11H11N3O4. The average Bonchev–Trinajstić information content (AvgIpc) is 2.83. The molecule has 0 fully saturated rings. The molecule has 0 aliphatic carbocycles. The van der Waals surface area contributed by atoms with Crippen LogP contribution in [-0.4, -0.2) is 36.8 Å². The van der Waals surface area contributed by atoms with Gasteiger partial charge in [0.2, 0.25) is 6.41 Å². The molecule has 0 aliphatic heterocycles. The van der Waals surface area contributed by atoms with Crippen LogP contribution in [0.1, 0.15) is 10.5 Å². The van der Waals surface area contributed by atoms with Crippen molar-refractivity contribution >= 4 is 29.0 Å². The van der Waals surface area contributed by atoms with E-state index in [-0.39, 0.29) is 5.69 Å². The molecule has 0 atom stereocenters. The number of nitrogens with one attached hydrogen (secondary N) is 2. The number of carbonyl (C=O) groups is 2. The Labute approximate surface area is 102 Å². The molecule has 0 saturated heterocycles. The Morgan fingerprint density at radius 2 is 2.22 bits per heavy atom. The second-order valence-corrected chi connectivity index (χ2v) is 3.39. The third kappa shape index (κ3) is 1.75. The molecule has 0 unspecified atom stereocenters. The highest BCUT2D eigenvalue weighted by atomic mass is 16.5. The maximum atomic E-state index is 11.6. The van der Waals surface area contributed by atoms with Gasteiger partial charge in [-0.2, -0.15) is 5.10 Å². The Bertz CT molecular complexity index is 606. The fourth-order valence-corrected chi connectivity index (χ4v) is 1.70. The van der Waals surface area contributed by atoms with Gasteiger partial charge in [-0.25, -0.2) is 4.79 Å². The van der Waals surface area contributed by atoms with Gasteiger partial charge in [0, 0.05) is 0 Å². The van der Waals surface area contributed by atoms with Crippen molar-refractivity contribution in [2.75, 3.05) is 19.5 Å². The number of methoxy groups -OCH3 is 2. The second-order valence-electron chi connectivity index (χ2n) is 3.39. The van der Waals surface area contributed by atoms with E-state index in [1.54, 1.807) is 12.1 Å². The number of aromatic amines is 1. The molecule has 0 saturated carbocycles. The minimum atomic E-state index is -0.570. The van der Waals surface area contributed by atoms with Crippen LogP contribution in [0, 0.1) is 0 Å². The molecule has 0 spiro atoms. The highest BCUT2D eigenvalue weighted by molar-refractivity contribution is 6.10. The van der Waals surface area contributed by atoms with Crippen LogP contribution in [0.4, 0.5) is 5.69 Å². The summed E-state index contributed by atoms with van der Waals surface area (Å²) in [4.78, 5) is 22.2. The highest BCUT2D eigenvalue weighted by Crippen LogP contribution is 2.32. The molecule has 0 aliphatic rings. The van der Waals surface area contributed by atoms with Crippen molar-refractivity contribution in [1.82, 2.24) is 10.2 Å². The fourth-order valence-electron chi connectivity index (χ4n) is 1.70. The number of fused-ring (bicyclic) bond motifs is 1. The monoisotopic (exact) mass is 249 g/mol. The molecule has 0 radical (unpaired) electrons. The highest BCUT2D eigenvalue weighted by Gasteiger charge is 2.19. The summed E-state index contributed by atoms with van der Waals surface area (Å²) >= 11 is 0. The molecule has 1 aromatic carbocycles. The molecule has 1 heterocycles. The summed E-state index contributed by atoms with van der Waals surface area (Å²) in [6, 6.07) is 3.27. The van der Waals surface area contributed by atoms with E-state index < -0.39 is 5.97 Å². The van der Waals surface area contributed by atoms with Crippen LogP contribution in [-0.2, 0) is 9.53 Å². The summed E-state index contributed by atoms with van der Waals surface area (Å²) in [5, 5.41) is 9.53. The first-order valence-electron chi connectivity index (χ1n) is 5.06. The molecule has 1 amide bonds. The molecule has 2 N–H and O–H groups in total. The molecule has 94 valence electrons. The van der Waals surface area contributed by atoms with Crippen molar-refractivity contribution in [1.29, 1.82) is 0 Å². The quantitative estimate of drug-likeness (QED) is 0.621. The smallest absolute Gasteiger partial charge is 0.356 e. The lowest BCUT2D eigenvalue weighted by Gasteiger charge is -2.05. The van der Waals surface area contributed by atoms with Crippen molar-refractivity contribution in [3.63, 3.8) is 0 Å². The van der Waals surface area contributed by atoms with E-state index in [1.807, 2.05) is 0 Å². The first-order valence-corrected chi connectivity index (χ1v) is 5.06. The molecule has 0 bridgehead atoms. The lowest BCUT2D eigenvalue weighted by molar-refractivity contribution is -0.105.